The number of nitrogens with zero attached hydrogens (tertiary/aromatic N) is 3. The summed E-state index contributed by atoms with van der Waals surface area (Å²) in [6.07, 6.45) is 5.03. The van der Waals surface area contributed by atoms with E-state index in [1.807, 2.05) is 18.2 Å². The highest BCUT2D eigenvalue weighted by Gasteiger charge is 2.19. The maximum Gasteiger partial charge on any atom is 0.247 e. The maximum absolute atomic E-state index is 11.7. The molecule has 0 atom stereocenters. The Morgan fingerprint density at radius 1 is 1.28 bits per heavy atom. The number of anilines is 3. The minimum Gasteiger partial charge on any atom is -0.495 e. The number of amides is 1. The zero-order valence-electron chi connectivity index (χ0n) is 17.5. The lowest BCUT2D eigenvalue weighted by atomic mass is 10.1. The van der Waals surface area contributed by atoms with Crippen LogP contribution in [0.3, 0.4) is 0 Å². The van der Waals surface area contributed by atoms with Crippen LogP contribution in [0.1, 0.15) is 0 Å². The van der Waals surface area contributed by atoms with E-state index in [0.717, 1.165) is 34.5 Å². The quantitative estimate of drug-likeness (QED) is 0.444. The lowest BCUT2D eigenvalue weighted by molar-refractivity contribution is -0.111. The number of aromatic nitrogens is 3. The standard InChI is InChI=1S/C24H21N5O3/c1-3-22(30)26-15-7-8-20(31-2)19(13-15)28-24-25-10-9-18(27-24)17-14-29-11-12-32-21-6-4-5-16(17)23(21)29/h3-10,13-14H,1,11-12H2,2H3,(H,26,30)(H,25,27,28). The van der Waals surface area contributed by atoms with Crippen LogP contribution in [0.4, 0.5) is 17.3 Å². The monoisotopic (exact) mass is 427 g/mol. The summed E-state index contributed by atoms with van der Waals surface area (Å²) < 4.78 is 13.5. The number of ether oxygens (including phenoxy) is 2. The van der Waals surface area contributed by atoms with Gasteiger partial charge < -0.3 is 24.7 Å². The third-order valence-electron chi connectivity index (χ3n) is 5.28. The first kappa shape index (κ1) is 19.6. The van der Waals surface area contributed by atoms with Gasteiger partial charge in [-0.1, -0.05) is 18.7 Å². The lowest BCUT2D eigenvalue weighted by Crippen LogP contribution is -2.12. The number of rotatable bonds is 6. The van der Waals surface area contributed by atoms with Gasteiger partial charge in [-0.15, -0.1) is 0 Å². The van der Waals surface area contributed by atoms with Gasteiger partial charge in [0.05, 0.1) is 30.6 Å². The van der Waals surface area contributed by atoms with E-state index in [4.69, 9.17) is 14.5 Å². The van der Waals surface area contributed by atoms with Crippen molar-refractivity contribution in [2.45, 2.75) is 6.54 Å². The van der Waals surface area contributed by atoms with Gasteiger partial charge in [-0.25, -0.2) is 9.97 Å². The van der Waals surface area contributed by atoms with Crippen LogP contribution < -0.4 is 20.1 Å². The van der Waals surface area contributed by atoms with E-state index in [1.165, 1.54) is 6.08 Å². The molecule has 8 nitrogen and oxygen atoms in total. The summed E-state index contributed by atoms with van der Waals surface area (Å²) in [5, 5.41) is 7.02. The van der Waals surface area contributed by atoms with Crippen molar-refractivity contribution in [2.24, 2.45) is 0 Å². The maximum atomic E-state index is 11.7. The van der Waals surface area contributed by atoms with Crippen LogP contribution in [0, 0.1) is 0 Å². The summed E-state index contributed by atoms with van der Waals surface area (Å²) in [7, 11) is 1.58. The molecule has 5 rings (SSSR count). The number of nitrogens with one attached hydrogen (secondary N) is 2. The van der Waals surface area contributed by atoms with E-state index in [1.54, 1.807) is 31.5 Å². The molecule has 2 aromatic carbocycles. The Morgan fingerprint density at radius 3 is 3.03 bits per heavy atom. The molecule has 0 saturated heterocycles. The molecule has 1 amide bonds. The van der Waals surface area contributed by atoms with E-state index in [9.17, 15) is 4.79 Å². The summed E-state index contributed by atoms with van der Waals surface area (Å²) in [6, 6.07) is 13.2. The predicted octanol–water partition coefficient (Wildman–Crippen LogP) is 4.37. The summed E-state index contributed by atoms with van der Waals surface area (Å²) >= 11 is 0. The molecule has 0 radical (unpaired) electrons. The number of hydrogen-bond donors (Lipinski definition) is 2. The Hall–Kier alpha value is -4.33. The molecule has 0 bridgehead atoms. The fourth-order valence-corrected chi connectivity index (χ4v) is 3.84. The SMILES string of the molecule is C=CC(=O)Nc1ccc(OC)c(Nc2nccc(-c3cn4c5c(cccc35)OCC4)n2)c1. The fourth-order valence-electron chi connectivity index (χ4n) is 3.84. The van der Waals surface area contributed by atoms with Gasteiger partial charge in [-0.2, -0.15) is 0 Å². The second-order valence-corrected chi connectivity index (χ2v) is 7.24. The molecule has 0 saturated carbocycles. The van der Waals surface area contributed by atoms with Crippen molar-refractivity contribution in [1.82, 2.24) is 14.5 Å². The minimum absolute atomic E-state index is 0.295. The molecular weight excluding hydrogens is 406 g/mol. The number of benzene rings is 2. The van der Waals surface area contributed by atoms with Gasteiger partial charge in [-0.3, -0.25) is 4.79 Å². The van der Waals surface area contributed by atoms with Crippen LogP contribution in [-0.4, -0.2) is 34.2 Å². The molecule has 4 aromatic rings. The average molecular weight is 427 g/mol. The van der Waals surface area contributed by atoms with E-state index >= 15 is 0 Å². The summed E-state index contributed by atoms with van der Waals surface area (Å²) in [6.45, 7) is 4.92. The van der Waals surface area contributed by atoms with Crippen molar-refractivity contribution >= 4 is 34.1 Å². The van der Waals surface area contributed by atoms with Gasteiger partial charge in [0.25, 0.3) is 0 Å². The molecule has 3 heterocycles. The molecule has 160 valence electrons. The van der Waals surface area contributed by atoms with Crippen molar-refractivity contribution in [3.63, 3.8) is 0 Å². The van der Waals surface area contributed by atoms with Gasteiger partial charge in [-0.05, 0) is 36.4 Å². The average Bonchev–Trinajstić information content (AvgIpc) is 3.20. The second-order valence-electron chi connectivity index (χ2n) is 7.24. The molecule has 1 aliphatic rings. The minimum atomic E-state index is -0.295. The number of carbonyl (C=O) groups is 1. The summed E-state index contributed by atoms with van der Waals surface area (Å²) in [5.74, 6) is 1.60. The highest BCUT2D eigenvalue weighted by Crippen LogP contribution is 2.37. The highest BCUT2D eigenvalue weighted by molar-refractivity contribution is 6.00. The van der Waals surface area contributed by atoms with Crippen LogP contribution in [0.2, 0.25) is 0 Å². The van der Waals surface area contributed by atoms with Crippen LogP contribution >= 0.6 is 0 Å². The van der Waals surface area contributed by atoms with E-state index < -0.39 is 0 Å². The number of hydrogen-bond acceptors (Lipinski definition) is 6. The van der Waals surface area contributed by atoms with Crippen LogP contribution in [-0.2, 0) is 11.3 Å². The van der Waals surface area contributed by atoms with Crippen molar-refractivity contribution in [3.05, 3.63) is 67.5 Å². The number of carbonyl (C=O) groups excluding carboxylic acids is 1. The Labute approximate surface area is 184 Å². The van der Waals surface area contributed by atoms with Crippen LogP contribution in [0.15, 0.2) is 67.5 Å². The molecule has 0 aliphatic carbocycles. The Bertz CT molecular complexity index is 1340. The molecule has 32 heavy (non-hydrogen) atoms. The normalized spacial score (nSPS) is 12.2. The number of methoxy groups -OCH3 is 1. The predicted molar refractivity (Wildman–Crippen MR) is 124 cm³/mol. The fraction of sp³-hybridized carbons (Fsp3) is 0.125. The zero-order valence-corrected chi connectivity index (χ0v) is 17.5. The van der Waals surface area contributed by atoms with E-state index in [2.05, 4.69) is 39.0 Å². The first-order valence-electron chi connectivity index (χ1n) is 10.1. The summed E-state index contributed by atoms with van der Waals surface area (Å²) in [4.78, 5) is 20.8. The van der Waals surface area contributed by atoms with Gasteiger partial charge in [0.15, 0.2) is 0 Å². The van der Waals surface area contributed by atoms with Crippen LogP contribution in [0.25, 0.3) is 22.2 Å². The second kappa shape index (κ2) is 8.07. The first-order valence-corrected chi connectivity index (χ1v) is 10.1. The molecular formula is C24H21N5O3. The molecule has 0 fully saturated rings. The lowest BCUT2D eigenvalue weighted by Gasteiger charge is -2.16. The van der Waals surface area contributed by atoms with Crippen molar-refractivity contribution in [2.75, 3.05) is 24.4 Å². The Kier molecular flexibility index (Phi) is 4.95. The first-order chi connectivity index (χ1) is 15.7. The Morgan fingerprint density at radius 2 is 2.19 bits per heavy atom. The highest BCUT2D eigenvalue weighted by atomic mass is 16.5. The third-order valence-corrected chi connectivity index (χ3v) is 5.28. The smallest absolute Gasteiger partial charge is 0.247 e. The molecule has 1 aliphatic heterocycles. The third kappa shape index (κ3) is 3.51. The van der Waals surface area contributed by atoms with Crippen molar-refractivity contribution < 1.29 is 14.3 Å². The van der Waals surface area contributed by atoms with Crippen LogP contribution in [0.5, 0.6) is 11.5 Å². The van der Waals surface area contributed by atoms with Gasteiger partial charge >= 0.3 is 0 Å². The Balaban J connectivity index is 1.51. The van der Waals surface area contributed by atoms with Gasteiger partial charge in [0, 0.05) is 29.0 Å². The van der Waals surface area contributed by atoms with Gasteiger partial charge in [0.2, 0.25) is 11.9 Å². The molecule has 2 N–H and O–H groups in total. The summed E-state index contributed by atoms with van der Waals surface area (Å²) in [5.41, 5.74) is 4.11. The zero-order chi connectivity index (χ0) is 22.1. The van der Waals surface area contributed by atoms with E-state index in [-0.39, 0.29) is 5.91 Å². The van der Waals surface area contributed by atoms with Gasteiger partial charge in [0.1, 0.15) is 18.1 Å². The van der Waals surface area contributed by atoms with Crippen molar-refractivity contribution in [3.8, 4) is 22.8 Å². The molecule has 2 aromatic heterocycles. The topological polar surface area (TPSA) is 90.3 Å². The molecule has 0 unspecified atom stereocenters. The molecule has 8 heteroatoms. The van der Waals surface area contributed by atoms with Crippen molar-refractivity contribution in [1.29, 1.82) is 0 Å². The van der Waals surface area contributed by atoms with E-state index in [0.29, 0.717) is 29.7 Å². The number of para-hydroxylation sites is 1. The largest absolute Gasteiger partial charge is 0.495 e. The molecule has 0 spiro atoms.